The summed E-state index contributed by atoms with van der Waals surface area (Å²) in [5.41, 5.74) is 1.46. The number of allylic oxidation sites excluding steroid dienone is 4. The van der Waals surface area contributed by atoms with Gasteiger partial charge in [-0.2, -0.15) is 0 Å². The van der Waals surface area contributed by atoms with Gasteiger partial charge >= 0.3 is 0 Å². The molecule has 0 heteroatoms. The molecule has 3 rings (SSSR count). The highest BCUT2D eigenvalue weighted by molar-refractivity contribution is 5.31. The van der Waals surface area contributed by atoms with Crippen LogP contribution in [0.3, 0.4) is 0 Å². The number of fused-ring (bicyclic) bond motifs is 2. The van der Waals surface area contributed by atoms with Gasteiger partial charge in [0.05, 0.1) is 0 Å². The van der Waals surface area contributed by atoms with Gasteiger partial charge in [0.1, 0.15) is 0 Å². The van der Waals surface area contributed by atoms with E-state index in [4.69, 9.17) is 0 Å². The highest BCUT2D eigenvalue weighted by Gasteiger charge is 2.28. The normalized spacial score (nSPS) is 33.6. The molecule has 0 saturated heterocycles. The molecule has 0 radical (unpaired) electrons. The van der Waals surface area contributed by atoms with Crippen molar-refractivity contribution in [3.05, 3.63) is 60.2 Å². The van der Waals surface area contributed by atoms with Crippen LogP contribution in [0.1, 0.15) is 17.9 Å². The molecule has 1 aromatic rings. The van der Waals surface area contributed by atoms with Crippen LogP contribution in [0.4, 0.5) is 0 Å². The van der Waals surface area contributed by atoms with E-state index in [1.807, 2.05) is 0 Å². The molecular weight excluding hydrogens is 168 g/mol. The predicted octanol–water partition coefficient (Wildman–Crippen LogP) is 3.53. The molecule has 1 aromatic carbocycles. The third-order valence-corrected chi connectivity index (χ3v) is 3.36. The average Bonchev–Trinajstić information content (AvgIpc) is 2.62. The maximum absolute atomic E-state index is 2.39. The first-order chi connectivity index (χ1) is 6.93. The predicted molar refractivity (Wildman–Crippen MR) is 59.1 cm³/mol. The Labute approximate surface area is 85.0 Å². The molecule has 14 heavy (non-hydrogen) atoms. The SMILES string of the molecule is C1=CC2CC1C=CC2c1ccccc1. The topological polar surface area (TPSA) is 0 Å². The molecule has 70 valence electrons. The van der Waals surface area contributed by atoms with Gasteiger partial charge in [-0.3, -0.25) is 0 Å². The molecule has 0 heterocycles. The van der Waals surface area contributed by atoms with Gasteiger partial charge in [0.2, 0.25) is 0 Å². The summed E-state index contributed by atoms with van der Waals surface area (Å²) >= 11 is 0. The van der Waals surface area contributed by atoms with Crippen LogP contribution in [0.5, 0.6) is 0 Å². The number of hydrogen-bond acceptors (Lipinski definition) is 0. The zero-order valence-corrected chi connectivity index (χ0v) is 8.14. The molecule has 0 spiro atoms. The fourth-order valence-electron chi connectivity index (χ4n) is 2.60. The van der Waals surface area contributed by atoms with Crippen molar-refractivity contribution in [1.29, 1.82) is 0 Å². The first-order valence-electron chi connectivity index (χ1n) is 5.35. The van der Waals surface area contributed by atoms with E-state index in [0.29, 0.717) is 5.92 Å². The monoisotopic (exact) mass is 182 g/mol. The van der Waals surface area contributed by atoms with Crippen LogP contribution in [0, 0.1) is 11.8 Å². The van der Waals surface area contributed by atoms with Gasteiger partial charge in [-0.1, -0.05) is 54.6 Å². The molecule has 0 aliphatic heterocycles. The lowest BCUT2D eigenvalue weighted by atomic mass is 9.80. The Balaban J connectivity index is 1.96. The molecule has 0 nitrogen and oxygen atoms in total. The van der Waals surface area contributed by atoms with Crippen molar-refractivity contribution >= 4 is 0 Å². The van der Waals surface area contributed by atoms with Gasteiger partial charge in [-0.05, 0) is 23.8 Å². The van der Waals surface area contributed by atoms with Crippen molar-refractivity contribution in [1.82, 2.24) is 0 Å². The van der Waals surface area contributed by atoms with Gasteiger partial charge in [0.25, 0.3) is 0 Å². The number of benzene rings is 1. The standard InChI is InChI=1S/C14H14/c1-2-4-12(5-3-1)14-9-7-11-6-8-13(14)10-11/h1-9,11,13-14H,10H2. The van der Waals surface area contributed by atoms with Crippen molar-refractivity contribution in [2.75, 3.05) is 0 Å². The lowest BCUT2D eigenvalue weighted by molar-refractivity contribution is 0.506. The van der Waals surface area contributed by atoms with E-state index in [-0.39, 0.29) is 0 Å². The summed E-state index contributed by atoms with van der Waals surface area (Å²) in [6, 6.07) is 10.8. The summed E-state index contributed by atoms with van der Waals surface area (Å²) in [7, 11) is 0. The van der Waals surface area contributed by atoms with Gasteiger partial charge in [0.15, 0.2) is 0 Å². The second kappa shape index (κ2) is 3.13. The van der Waals surface area contributed by atoms with E-state index in [1.165, 1.54) is 12.0 Å². The van der Waals surface area contributed by atoms with E-state index in [0.717, 1.165) is 11.8 Å². The molecule has 2 bridgehead atoms. The van der Waals surface area contributed by atoms with Crippen molar-refractivity contribution in [2.45, 2.75) is 12.3 Å². The average molecular weight is 182 g/mol. The maximum Gasteiger partial charge on any atom is 0.00813 e. The highest BCUT2D eigenvalue weighted by atomic mass is 14.3. The van der Waals surface area contributed by atoms with Crippen molar-refractivity contribution < 1.29 is 0 Å². The number of hydrogen-bond donors (Lipinski definition) is 0. The lowest BCUT2D eigenvalue weighted by Gasteiger charge is -2.24. The first-order valence-corrected chi connectivity index (χ1v) is 5.35. The minimum absolute atomic E-state index is 0.617. The van der Waals surface area contributed by atoms with Crippen molar-refractivity contribution in [3.8, 4) is 0 Å². The van der Waals surface area contributed by atoms with Gasteiger partial charge < -0.3 is 0 Å². The summed E-state index contributed by atoms with van der Waals surface area (Å²) in [5.74, 6) is 2.08. The van der Waals surface area contributed by atoms with Crippen molar-refractivity contribution in [3.63, 3.8) is 0 Å². The zero-order valence-electron chi connectivity index (χ0n) is 8.14. The molecule has 3 atom stereocenters. The van der Waals surface area contributed by atoms with Crippen molar-refractivity contribution in [2.24, 2.45) is 11.8 Å². The zero-order chi connectivity index (χ0) is 9.38. The molecular formula is C14H14. The molecule has 0 N–H and O–H groups in total. The van der Waals surface area contributed by atoms with Crippen LogP contribution in [-0.4, -0.2) is 0 Å². The second-order valence-electron chi connectivity index (χ2n) is 4.27. The third kappa shape index (κ3) is 1.22. The first kappa shape index (κ1) is 8.05. The summed E-state index contributed by atoms with van der Waals surface area (Å²) in [6.07, 6.45) is 10.8. The Hall–Kier alpha value is -1.30. The fraction of sp³-hybridized carbons (Fsp3) is 0.286. The second-order valence-corrected chi connectivity index (χ2v) is 4.27. The summed E-state index contributed by atoms with van der Waals surface area (Å²) in [6.45, 7) is 0. The Morgan fingerprint density at radius 1 is 0.857 bits per heavy atom. The summed E-state index contributed by atoms with van der Waals surface area (Å²) < 4.78 is 0. The van der Waals surface area contributed by atoms with E-state index in [2.05, 4.69) is 54.6 Å². The quantitative estimate of drug-likeness (QED) is 0.583. The molecule has 2 aliphatic carbocycles. The smallest absolute Gasteiger partial charge is 0.00813 e. The molecule has 0 aromatic heterocycles. The van der Waals surface area contributed by atoms with Crippen LogP contribution < -0.4 is 0 Å². The molecule has 0 fully saturated rings. The summed E-state index contributed by atoms with van der Waals surface area (Å²) in [4.78, 5) is 0. The van der Waals surface area contributed by atoms with E-state index < -0.39 is 0 Å². The summed E-state index contributed by atoms with van der Waals surface area (Å²) in [5, 5.41) is 0. The van der Waals surface area contributed by atoms with Crippen LogP contribution in [0.15, 0.2) is 54.6 Å². The third-order valence-electron chi connectivity index (χ3n) is 3.36. The van der Waals surface area contributed by atoms with Gasteiger partial charge in [-0.15, -0.1) is 0 Å². The van der Waals surface area contributed by atoms with Crippen LogP contribution in [0.25, 0.3) is 0 Å². The van der Waals surface area contributed by atoms with Crippen LogP contribution >= 0.6 is 0 Å². The molecule has 2 aliphatic rings. The van der Waals surface area contributed by atoms with Gasteiger partial charge in [0, 0.05) is 5.92 Å². The minimum Gasteiger partial charge on any atom is -0.0839 e. The van der Waals surface area contributed by atoms with E-state index in [1.54, 1.807) is 0 Å². The minimum atomic E-state index is 0.617. The van der Waals surface area contributed by atoms with Crippen LogP contribution in [0.2, 0.25) is 0 Å². The molecule has 0 amide bonds. The van der Waals surface area contributed by atoms with E-state index >= 15 is 0 Å². The molecule has 0 saturated carbocycles. The Morgan fingerprint density at radius 3 is 2.50 bits per heavy atom. The van der Waals surface area contributed by atoms with E-state index in [9.17, 15) is 0 Å². The number of rotatable bonds is 1. The lowest BCUT2D eigenvalue weighted by Crippen LogP contribution is -2.11. The fourth-order valence-corrected chi connectivity index (χ4v) is 2.60. The molecule has 3 unspecified atom stereocenters. The Kier molecular flexibility index (Phi) is 1.80. The largest absolute Gasteiger partial charge is 0.0839 e. The van der Waals surface area contributed by atoms with Crippen LogP contribution in [-0.2, 0) is 0 Å². The highest BCUT2D eigenvalue weighted by Crippen LogP contribution is 2.41. The maximum atomic E-state index is 2.39. The Morgan fingerprint density at radius 2 is 1.64 bits per heavy atom. The van der Waals surface area contributed by atoms with Gasteiger partial charge in [-0.25, -0.2) is 0 Å². The Bertz CT molecular complexity index is 372.